The number of allylic oxidation sites excluding steroid dienone is 1. The molecule has 0 saturated heterocycles. The number of nitro groups is 1. The second-order valence-corrected chi connectivity index (χ2v) is 3.84. The fourth-order valence-electron chi connectivity index (χ4n) is 1.38. The second-order valence-electron chi connectivity index (χ2n) is 3.44. The van der Waals surface area contributed by atoms with Crippen LogP contribution in [-0.4, -0.2) is 4.92 Å². The van der Waals surface area contributed by atoms with E-state index in [4.69, 9.17) is 17.3 Å². The van der Waals surface area contributed by atoms with E-state index in [1.54, 1.807) is 6.08 Å². The molecular weight excluding hydrogens is 263 g/mol. The van der Waals surface area contributed by atoms with Crippen molar-refractivity contribution in [3.63, 3.8) is 0 Å². The van der Waals surface area contributed by atoms with Crippen LogP contribution in [0.25, 0.3) is 0 Å². The second kappa shape index (κ2) is 7.27. The Hall–Kier alpha value is -1.10. The number of hydrogen-bond donors (Lipinski definition) is 1. The smallest absolute Gasteiger partial charge is 0.269 e. The van der Waals surface area contributed by atoms with E-state index in [2.05, 4.69) is 6.58 Å². The topological polar surface area (TPSA) is 69.2 Å². The molecule has 0 aromatic heterocycles. The van der Waals surface area contributed by atoms with Gasteiger partial charge in [-0.2, -0.15) is 0 Å². The van der Waals surface area contributed by atoms with Crippen molar-refractivity contribution in [2.45, 2.75) is 18.9 Å². The van der Waals surface area contributed by atoms with Gasteiger partial charge in [0.15, 0.2) is 0 Å². The summed E-state index contributed by atoms with van der Waals surface area (Å²) in [5, 5.41) is 11.1. The molecule has 1 atom stereocenters. The van der Waals surface area contributed by atoms with E-state index in [1.807, 2.05) is 0 Å². The molecule has 0 unspecified atom stereocenters. The highest BCUT2D eigenvalue weighted by Crippen LogP contribution is 2.28. The number of non-ortho nitro benzene ring substituents is 1. The lowest BCUT2D eigenvalue weighted by Gasteiger charge is -2.12. The first kappa shape index (κ1) is 15.9. The third-order valence-electron chi connectivity index (χ3n) is 2.27. The molecule has 0 aliphatic rings. The summed E-state index contributed by atoms with van der Waals surface area (Å²) >= 11 is 5.95. The standard InChI is InChI=1S/C11H13ClN2O2.ClH/c1-2-3-4-11(13)9-7-8(14(15)16)5-6-10(9)12;/h2,5-7,11H,1,3-4,13H2;1H/t11-;/m1./s1. The van der Waals surface area contributed by atoms with Gasteiger partial charge in [0.05, 0.1) is 4.92 Å². The van der Waals surface area contributed by atoms with Gasteiger partial charge in [0.2, 0.25) is 0 Å². The number of halogens is 2. The Morgan fingerprint density at radius 2 is 2.24 bits per heavy atom. The molecule has 0 radical (unpaired) electrons. The van der Waals surface area contributed by atoms with Gasteiger partial charge in [-0.05, 0) is 24.5 Å². The summed E-state index contributed by atoms with van der Waals surface area (Å²) in [4.78, 5) is 10.1. The van der Waals surface area contributed by atoms with Crippen molar-refractivity contribution in [1.29, 1.82) is 0 Å². The lowest BCUT2D eigenvalue weighted by Crippen LogP contribution is -2.10. The summed E-state index contributed by atoms with van der Waals surface area (Å²) in [6.07, 6.45) is 3.18. The molecule has 0 bridgehead atoms. The zero-order valence-corrected chi connectivity index (χ0v) is 10.7. The quantitative estimate of drug-likeness (QED) is 0.507. The van der Waals surface area contributed by atoms with Gasteiger partial charge in [-0.1, -0.05) is 17.7 Å². The molecule has 0 heterocycles. The average molecular weight is 277 g/mol. The van der Waals surface area contributed by atoms with Gasteiger partial charge >= 0.3 is 0 Å². The van der Waals surface area contributed by atoms with E-state index in [0.29, 0.717) is 17.0 Å². The van der Waals surface area contributed by atoms with Crippen LogP contribution in [0.15, 0.2) is 30.9 Å². The minimum absolute atomic E-state index is 0. The summed E-state index contributed by atoms with van der Waals surface area (Å²) in [5.41, 5.74) is 6.51. The summed E-state index contributed by atoms with van der Waals surface area (Å²) < 4.78 is 0. The first-order valence-corrected chi connectivity index (χ1v) is 5.24. The zero-order valence-electron chi connectivity index (χ0n) is 9.14. The van der Waals surface area contributed by atoms with Crippen LogP contribution >= 0.6 is 24.0 Å². The van der Waals surface area contributed by atoms with Crippen LogP contribution in [-0.2, 0) is 0 Å². The van der Waals surface area contributed by atoms with Crippen LogP contribution in [0.4, 0.5) is 5.69 Å². The van der Waals surface area contributed by atoms with Crippen LogP contribution in [0.3, 0.4) is 0 Å². The summed E-state index contributed by atoms with van der Waals surface area (Å²) in [7, 11) is 0. The highest BCUT2D eigenvalue weighted by atomic mass is 35.5. The Morgan fingerprint density at radius 3 is 2.76 bits per heavy atom. The first-order chi connectivity index (χ1) is 7.56. The Bertz CT molecular complexity index is 410. The number of nitro benzene ring substituents is 1. The number of nitrogens with two attached hydrogens (primary N) is 1. The van der Waals surface area contributed by atoms with Gasteiger partial charge in [0.1, 0.15) is 0 Å². The zero-order chi connectivity index (χ0) is 12.1. The van der Waals surface area contributed by atoms with Gasteiger partial charge < -0.3 is 5.73 Å². The number of hydrogen-bond acceptors (Lipinski definition) is 3. The molecule has 0 spiro atoms. The Morgan fingerprint density at radius 1 is 1.59 bits per heavy atom. The Labute approximate surface area is 111 Å². The minimum atomic E-state index is -0.458. The summed E-state index contributed by atoms with van der Waals surface area (Å²) in [6, 6.07) is 4.00. The third-order valence-corrected chi connectivity index (χ3v) is 2.62. The van der Waals surface area contributed by atoms with Crippen LogP contribution in [0, 0.1) is 10.1 Å². The van der Waals surface area contributed by atoms with E-state index in [9.17, 15) is 10.1 Å². The minimum Gasteiger partial charge on any atom is -0.324 e. The Kier molecular flexibility index (Phi) is 6.80. The molecule has 17 heavy (non-hydrogen) atoms. The lowest BCUT2D eigenvalue weighted by molar-refractivity contribution is -0.384. The van der Waals surface area contributed by atoms with Gasteiger partial charge in [-0.15, -0.1) is 19.0 Å². The lowest BCUT2D eigenvalue weighted by atomic mass is 10.0. The first-order valence-electron chi connectivity index (χ1n) is 4.86. The molecule has 0 aliphatic carbocycles. The fraction of sp³-hybridized carbons (Fsp3) is 0.273. The molecule has 2 N–H and O–H groups in total. The maximum Gasteiger partial charge on any atom is 0.269 e. The van der Waals surface area contributed by atoms with E-state index in [-0.39, 0.29) is 24.1 Å². The largest absolute Gasteiger partial charge is 0.324 e. The molecule has 1 rings (SSSR count). The van der Waals surface area contributed by atoms with Crippen LogP contribution < -0.4 is 5.73 Å². The highest BCUT2D eigenvalue weighted by molar-refractivity contribution is 6.31. The summed E-state index contributed by atoms with van der Waals surface area (Å²) in [6.45, 7) is 3.60. The third kappa shape index (κ3) is 4.34. The van der Waals surface area contributed by atoms with E-state index < -0.39 is 4.92 Å². The van der Waals surface area contributed by atoms with Gasteiger partial charge in [-0.3, -0.25) is 10.1 Å². The number of benzene rings is 1. The monoisotopic (exact) mass is 276 g/mol. The van der Waals surface area contributed by atoms with Crippen molar-refractivity contribution in [3.05, 3.63) is 51.6 Å². The van der Waals surface area contributed by atoms with Crippen molar-refractivity contribution >= 4 is 29.7 Å². The average Bonchev–Trinajstić information content (AvgIpc) is 2.26. The van der Waals surface area contributed by atoms with E-state index in [0.717, 1.165) is 6.42 Å². The molecule has 4 nitrogen and oxygen atoms in total. The van der Waals surface area contributed by atoms with Gasteiger partial charge in [0.25, 0.3) is 5.69 Å². The maximum atomic E-state index is 10.6. The molecule has 1 aromatic rings. The summed E-state index contributed by atoms with van der Waals surface area (Å²) in [5.74, 6) is 0. The SMILES string of the molecule is C=CCC[C@@H](N)c1cc([N+](=O)[O-])ccc1Cl.Cl. The molecule has 0 aliphatic heterocycles. The van der Waals surface area contributed by atoms with Crippen molar-refractivity contribution in [1.82, 2.24) is 0 Å². The fourth-order valence-corrected chi connectivity index (χ4v) is 1.64. The van der Waals surface area contributed by atoms with Crippen molar-refractivity contribution < 1.29 is 4.92 Å². The normalized spacial score (nSPS) is 11.4. The predicted octanol–water partition coefficient (Wildman–Crippen LogP) is 3.64. The number of rotatable bonds is 5. The van der Waals surface area contributed by atoms with E-state index in [1.165, 1.54) is 18.2 Å². The van der Waals surface area contributed by atoms with Crippen molar-refractivity contribution in [2.75, 3.05) is 0 Å². The van der Waals surface area contributed by atoms with Crippen LogP contribution in [0.1, 0.15) is 24.4 Å². The Balaban J connectivity index is 0.00000256. The van der Waals surface area contributed by atoms with Crippen LogP contribution in [0.2, 0.25) is 5.02 Å². The molecule has 0 saturated carbocycles. The van der Waals surface area contributed by atoms with Gasteiger partial charge in [0, 0.05) is 23.2 Å². The van der Waals surface area contributed by atoms with Crippen molar-refractivity contribution in [3.8, 4) is 0 Å². The van der Waals surface area contributed by atoms with Crippen molar-refractivity contribution in [2.24, 2.45) is 5.73 Å². The maximum absolute atomic E-state index is 10.6. The molecule has 0 fully saturated rings. The van der Waals surface area contributed by atoms with Gasteiger partial charge in [-0.25, -0.2) is 0 Å². The van der Waals surface area contributed by atoms with E-state index >= 15 is 0 Å². The highest BCUT2D eigenvalue weighted by Gasteiger charge is 2.14. The molecule has 6 heteroatoms. The predicted molar refractivity (Wildman–Crippen MR) is 71.7 cm³/mol. The van der Waals surface area contributed by atoms with Crippen LogP contribution in [0.5, 0.6) is 0 Å². The molecule has 1 aromatic carbocycles. The number of nitrogens with zero attached hydrogens (tertiary/aromatic N) is 1. The molecule has 94 valence electrons. The molecular formula is C11H14Cl2N2O2. The molecule has 0 amide bonds.